The summed E-state index contributed by atoms with van der Waals surface area (Å²) in [5.41, 5.74) is 3.82. The molecule has 0 N–H and O–H groups in total. The Morgan fingerprint density at radius 2 is 1.69 bits per heavy atom. The maximum absolute atomic E-state index is 13.0. The summed E-state index contributed by atoms with van der Waals surface area (Å²) in [6, 6.07) is 11.3. The lowest BCUT2D eigenvalue weighted by Gasteiger charge is -2.19. The Hall–Kier alpha value is -2.82. The van der Waals surface area contributed by atoms with Gasteiger partial charge in [0.2, 0.25) is 11.8 Å². The molecule has 2 amide bonds. The van der Waals surface area contributed by atoms with Gasteiger partial charge in [-0.3, -0.25) is 9.59 Å². The molecular weight excluding hydrogens is 330 g/mol. The van der Waals surface area contributed by atoms with Gasteiger partial charge in [0.1, 0.15) is 11.5 Å². The van der Waals surface area contributed by atoms with Crippen molar-refractivity contribution < 1.29 is 19.1 Å². The number of carbonyl (C=O) groups is 2. The van der Waals surface area contributed by atoms with E-state index in [2.05, 4.69) is 18.2 Å². The number of hydrogen-bond acceptors (Lipinski definition) is 4. The molecule has 0 radical (unpaired) electrons. The number of carbonyl (C=O) groups excluding carboxylic acids is 2. The van der Waals surface area contributed by atoms with Crippen LogP contribution in [0.5, 0.6) is 11.5 Å². The van der Waals surface area contributed by atoms with Gasteiger partial charge in [-0.05, 0) is 38.0 Å². The van der Waals surface area contributed by atoms with Gasteiger partial charge in [-0.1, -0.05) is 29.3 Å². The molecular formula is C21H23NO4. The second-order valence-electron chi connectivity index (χ2n) is 6.71. The Morgan fingerprint density at radius 3 is 2.31 bits per heavy atom. The van der Waals surface area contributed by atoms with Crippen LogP contribution in [-0.2, 0) is 16.0 Å². The zero-order valence-electron chi connectivity index (χ0n) is 15.5. The molecule has 0 aromatic heterocycles. The fourth-order valence-electron chi connectivity index (χ4n) is 3.55. The molecule has 0 saturated carbocycles. The zero-order chi connectivity index (χ0) is 18.8. The average Bonchev–Trinajstić information content (AvgIpc) is 2.87. The lowest BCUT2D eigenvalue weighted by atomic mass is 9.95. The number of ether oxygens (including phenoxy) is 2. The molecule has 0 aliphatic carbocycles. The van der Waals surface area contributed by atoms with Crippen LogP contribution in [0, 0.1) is 19.8 Å². The number of rotatable bonds is 5. The third-order valence-corrected chi connectivity index (χ3v) is 4.63. The molecule has 0 bridgehead atoms. The summed E-state index contributed by atoms with van der Waals surface area (Å²) in [7, 11) is 3.06. The van der Waals surface area contributed by atoms with E-state index in [0.29, 0.717) is 23.6 Å². The molecule has 2 aromatic carbocycles. The second-order valence-corrected chi connectivity index (χ2v) is 6.71. The summed E-state index contributed by atoms with van der Waals surface area (Å²) in [6.07, 6.45) is 0.752. The Labute approximate surface area is 153 Å². The van der Waals surface area contributed by atoms with Gasteiger partial charge in [0.15, 0.2) is 0 Å². The van der Waals surface area contributed by atoms with Crippen LogP contribution in [0.3, 0.4) is 0 Å². The number of hydrogen-bond donors (Lipinski definition) is 0. The maximum atomic E-state index is 13.0. The van der Waals surface area contributed by atoms with Crippen LogP contribution in [0.1, 0.15) is 23.1 Å². The van der Waals surface area contributed by atoms with Gasteiger partial charge >= 0.3 is 0 Å². The minimum Gasteiger partial charge on any atom is -0.497 e. The first-order valence-corrected chi connectivity index (χ1v) is 8.59. The van der Waals surface area contributed by atoms with Crippen molar-refractivity contribution in [2.45, 2.75) is 26.7 Å². The van der Waals surface area contributed by atoms with Crippen molar-refractivity contribution in [3.63, 3.8) is 0 Å². The summed E-state index contributed by atoms with van der Waals surface area (Å²) >= 11 is 0. The van der Waals surface area contributed by atoms with Crippen molar-refractivity contribution in [3.8, 4) is 11.5 Å². The van der Waals surface area contributed by atoms with E-state index < -0.39 is 0 Å². The predicted molar refractivity (Wildman–Crippen MR) is 99.8 cm³/mol. The van der Waals surface area contributed by atoms with E-state index in [1.54, 1.807) is 25.3 Å². The number of imide groups is 1. The van der Waals surface area contributed by atoms with Crippen LogP contribution in [0.2, 0.25) is 0 Å². The molecule has 0 spiro atoms. The first-order chi connectivity index (χ1) is 12.4. The van der Waals surface area contributed by atoms with Gasteiger partial charge in [-0.2, -0.15) is 0 Å². The van der Waals surface area contributed by atoms with E-state index in [4.69, 9.17) is 9.47 Å². The summed E-state index contributed by atoms with van der Waals surface area (Å²) in [5.74, 6) is 0.273. The molecule has 1 saturated heterocycles. The topological polar surface area (TPSA) is 55.8 Å². The Kier molecular flexibility index (Phi) is 4.98. The van der Waals surface area contributed by atoms with Crippen molar-refractivity contribution in [1.29, 1.82) is 0 Å². The van der Waals surface area contributed by atoms with Gasteiger partial charge in [0.05, 0.1) is 25.8 Å². The van der Waals surface area contributed by atoms with Crippen molar-refractivity contribution in [2.75, 3.05) is 19.1 Å². The summed E-state index contributed by atoms with van der Waals surface area (Å²) in [4.78, 5) is 26.8. The van der Waals surface area contributed by atoms with Crippen molar-refractivity contribution >= 4 is 17.5 Å². The third-order valence-electron chi connectivity index (χ3n) is 4.63. The Bertz CT molecular complexity index is 839. The van der Waals surface area contributed by atoms with E-state index in [1.807, 2.05) is 13.8 Å². The normalized spacial score (nSPS) is 16.9. The molecule has 0 unspecified atom stereocenters. The number of aryl methyl sites for hydroxylation is 2. The maximum Gasteiger partial charge on any atom is 0.237 e. The molecule has 5 heteroatoms. The summed E-state index contributed by atoms with van der Waals surface area (Å²) in [6.45, 7) is 4.07. The molecule has 3 rings (SSSR count). The highest BCUT2D eigenvalue weighted by atomic mass is 16.5. The number of methoxy groups -OCH3 is 2. The van der Waals surface area contributed by atoms with E-state index in [1.165, 1.54) is 12.0 Å². The van der Waals surface area contributed by atoms with Crippen molar-refractivity contribution in [3.05, 3.63) is 53.1 Å². The number of nitrogens with zero attached hydrogens (tertiary/aromatic N) is 1. The molecule has 1 aliphatic rings. The van der Waals surface area contributed by atoms with E-state index >= 15 is 0 Å². The standard InChI is InChI=1S/C21H23NO4/c1-13-7-14(2)9-15(8-13)10-16-11-20(23)22(21(16)24)18-12-17(25-3)5-6-19(18)26-4/h5-9,12,16H,10-11H2,1-4H3/t16-/m1/s1. The minimum atomic E-state index is -0.361. The quantitative estimate of drug-likeness (QED) is 0.773. The molecule has 1 atom stereocenters. The molecule has 1 aliphatic heterocycles. The van der Waals surface area contributed by atoms with Gasteiger partial charge in [-0.15, -0.1) is 0 Å². The number of amides is 2. The van der Waals surface area contributed by atoms with Crippen LogP contribution in [0.4, 0.5) is 5.69 Å². The van der Waals surface area contributed by atoms with Crippen molar-refractivity contribution in [1.82, 2.24) is 0 Å². The first kappa shape index (κ1) is 18.0. The highest BCUT2D eigenvalue weighted by Crippen LogP contribution is 2.37. The van der Waals surface area contributed by atoms with E-state index in [0.717, 1.165) is 16.7 Å². The fourth-order valence-corrected chi connectivity index (χ4v) is 3.55. The van der Waals surface area contributed by atoms with E-state index in [9.17, 15) is 9.59 Å². The molecule has 5 nitrogen and oxygen atoms in total. The Morgan fingerprint density at radius 1 is 1.00 bits per heavy atom. The summed E-state index contributed by atoms with van der Waals surface area (Å²) < 4.78 is 10.6. The van der Waals surface area contributed by atoms with Gasteiger partial charge < -0.3 is 9.47 Å². The average molecular weight is 353 g/mol. The van der Waals surface area contributed by atoms with Crippen LogP contribution in [-0.4, -0.2) is 26.0 Å². The smallest absolute Gasteiger partial charge is 0.237 e. The van der Waals surface area contributed by atoms with Crippen LogP contribution < -0.4 is 14.4 Å². The van der Waals surface area contributed by atoms with Crippen LogP contribution in [0.25, 0.3) is 0 Å². The highest BCUT2D eigenvalue weighted by Gasteiger charge is 2.40. The van der Waals surface area contributed by atoms with Gasteiger partial charge in [0, 0.05) is 12.5 Å². The predicted octanol–water partition coefficient (Wildman–Crippen LogP) is 3.44. The second kappa shape index (κ2) is 7.20. The first-order valence-electron chi connectivity index (χ1n) is 8.59. The zero-order valence-corrected chi connectivity index (χ0v) is 15.5. The van der Waals surface area contributed by atoms with Crippen LogP contribution in [0.15, 0.2) is 36.4 Å². The highest BCUT2D eigenvalue weighted by molar-refractivity contribution is 6.21. The SMILES string of the molecule is COc1ccc(OC)c(N2C(=O)C[C@@H](Cc3cc(C)cc(C)c3)C2=O)c1. The van der Waals surface area contributed by atoms with Gasteiger partial charge in [0.25, 0.3) is 0 Å². The third kappa shape index (κ3) is 3.43. The molecule has 26 heavy (non-hydrogen) atoms. The largest absolute Gasteiger partial charge is 0.497 e. The molecule has 1 fully saturated rings. The van der Waals surface area contributed by atoms with Crippen molar-refractivity contribution in [2.24, 2.45) is 5.92 Å². The number of benzene rings is 2. The molecule has 1 heterocycles. The Balaban J connectivity index is 1.90. The molecule has 2 aromatic rings. The van der Waals surface area contributed by atoms with Gasteiger partial charge in [-0.25, -0.2) is 4.90 Å². The summed E-state index contributed by atoms with van der Waals surface area (Å²) in [5, 5.41) is 0. The number of anilines is 1. The minimum absolute atomic E-state index is 0.194. The molecule has 136 valence electrons. The van der Waals surface area contributed by atoms with Crippen LogP contribution >= 0.6 is 0 Å². The van der Waals surface area contributed by atoms with E-state index in [-0.39, 0.29) is 24.2 Å². The fraction of sp³-hybridized carbons (Fsp3) is 0.333. The lowest BCUT2D eigenvalue weighted by molar-refractivity contribution is -0.122. The lowest BCUT2D eigenvalue weighted by Crippen LogP contribution is -2.31. The monoisotopic (exact) mass is 353 g/mol.